The van der Waals surface area contributed by atoms with E-state index in [-0.39, 0.29) is 5.82 Å². The molecule has 0 atom stereocenters. The molecule has 9 heteroatoms. The maximum Gasteiger partial charge on any atom is 0.138 e. The van der Waals surface area contributed by atoms with Crippen LogP contribution in [0.2, 0.25) is 0 Å². The van der Waals surface area contributed by atoms with Gasteiger partial charge in [-0.15, -0.1) is 0 Å². The molecule has 0 aliphatic rings. The predicted molar refractivity (Wildman–Crippen MR) is 154 cm³/mol. The lowest BCUT2D eigenvalue weighted by Crippen LogP contribution is -2.20. The van der Waals surface area contributed by atoms with Gasteiger partial charge in [0, 0.05) is 53.7 Å². The largest absolute Gasteiger partial charge is 0.384 e. The number of rotatable bonds is 9. The van der Waals surface area contributed by atoms with Gasteiger partial charge in [-0.2, -0.15) is 5.10 Å². The third kappa shape index (κ3) is 5.09. The molecule has 0 amide bonds. The number of anilines is 1. The van der Waals surface area contributed by atoms with E-state index in [1.54, 1.807) is 24.7 Å². The number of halogens is 1. The van der Waals surface area contributed by atoms with Gasteiger partial charge in [-0.05, 0) is 68.5 Å². The van der Waals surface area contributed by atoms with E-state index in [9.17, 15) is 4.39 Å². The molecule has 0 saturated heterocycles. The Morgan fingerprint density at radius 3 is 2.82 bits per heavy atom. The first-order valence-electron chi connectivity index (χ1n) is 12.3. The number of allylic oxidation sites excluding steroid dienone is 2. The molecule has 4 aromatic heterocycles. The molecule has 0 radical (unpaired) electrons. The highest BCUT2D eigenvalue weighted by Gasteiger charge is 2.16. The van der Waals surface area contributed by atoms with Gasteiger partial charge < -0.3 is 15.2 Å². The van der Waals surface area contributed by atoms with Crippen molar-refractivity contribution in [3.05, 3.63) is 79.2 Å². The van der Waals surface area contributed by atoms with Crippen molar-refractivity contribution >= 4 is 39.4 Å². The van der Waals surface area contributed by atoms with Crippen LogP contribution < -0.4 is 5.32 Å². The van der Waals surface area contributed by atoms with Crippen LogP contribution in [0.5, 0.6) is 0 Å². The number of hydrogen-bond acceptors (Lipinski definition) is 6. The molecule has 0 fully saturated rings. The minimum atomic E-state index is -0.298. The number of aromatic nitrogens is 5. The summed E-state index contributed by atoms with van der Waals surface area (Å²) in [6.45, 7) is 7.14. The van der Waals surface area contributed by atoms with Gasteiger partial charge >= 0.3 is 0 Å². The predicted octanol–water partition coefficient (Wildman–Crippen LogP) is 5.90. The summed E-state index contributed by atoms with van der Waals surface area (Å²) >= 11 is 0. The SMILES string of the molecule is C=CN=C/C(=C\C)c1cc2c(-c3cc4c(-c5cc(F)cc(NCCN(C)C)c5)ccnc4[nH]3)n[nH]c2cn1. The topological polar surface area (TPSA) is 97.9 Å². The standard InChI is InChI=1S/C29H29FN8/c1-5-18(16-31-6-2)25-15-24-27(17-34-25)36-37-28(24)26-14-23-22(7-8-33-29(23)35-26)19-11-20(30)13-21(12-19)32-9-10-38(3)4/h5-8,11-17,32H,2,9-10H2,1,3-4H3,(H,33,35)(H,36,37)/b18-5+,31-16?. The average molecular weight is 509 g/mol. The number of nitrogens with one attached hydrogen (secondary N) is 3. The smallest absolute Gasteiger partial charge is 0.138 e. The van der Waals surface area contributed by atoms with E-state index in [0.717, 1.165) is 62.3 Å². The molecule has 38 heavy (non-hydrogen) atoms. The molecule has 0 spiro atoms. The van der Waals surface area contributed by atoms with Gasteiger partial charge in [0.25, 0.3) is 0 Å². The fraction of sp³-hybridized carbons (Fsp3) is 0.172. The number of aliphatic imine (C=N–C) groups is 1. The van der Waals surface area contributed by atoms with Crippen LogP contribution in [-0.4, -0.2) is 63.4 Å². The van der Waals surface area contributed by atoms with Crippen molar-refractivity contribution in [2.75, 3.05) is 32.5 Å². The summed E-state index contributed by atoms with van der Waals surface area (Å²) in [5.41, 5.74) is 7.09. The summed E-state index contributed by atoms with van der Waals surface area (Å²) in [4.78, 5) is 18.7. The fourth-order valence-corrected chi connectivity index (χ4v) is 4.38. The number of pyridine rings is 2. The lowest BCUT2D eigenvalue weighted by atomic mass is 10.0. The Hall–Kier alpha value is -4.63. The Labute approximate surface area is 220 Å². The Kier molecular flexibility index (Phi) is 7.10. The van der Waals surface area contributed by atoms with Crippen LogP contribution in [0.3, 0.4) is 0 Å². The Bertz CT molecular complexity index is 1680. The van der Waals surface area contributed by atoms with E-state index in [2.05, 4.69) is 46.9 Å². The highest BCUT2D eigenvalue weighted by atomic mass is 19.1. The van der Waals surface area contributed by atoms with Crippen LogP contribution in [0, 0.1) is 5.82 Å². The van der Waals surface area contributed by atoms with Crippen LogP contribution in [0.25, 0.3) is 50.0 Å². The first kappa shape index (κ1) is 25.0. The molecule has 0 aliphatic carbocycles. The van der Waals surface area contributed by atoms with E-state index in [1.807, 2.05) is 51.4 Å². The molecule has 4 heterocycles. The summed E-state index contributed by atoms with van der Waals surface area (Å²) in [7, 11) is 4.01. The van der Waals surface area contributed by atoms with Crippen LogP contribution in [0.4, 0.5) is 10.1 Å². The van der Waals surface area contributed by atoms with Crippen LogP contribution in [-0.2, 0) is 0 Å². The number of nitrogens with zero attached hydrogens (tertiary/aromatic N) is 5. The number of benzene rings is 1. The van der Waals surface area contributed by atoms with Gasteiger partial charge in [0.05, 0.1) is 23.1 Å². The highest BCUT2D eigenvalue weighted by molar-refractivity contribution is 6.10. The number of aromatic amines is 2. The maximum absolute atomic E-state index is 14.6. The van der Waals surface area contributed by atoms with Gasteiger partial charge in [-0.1, -0.05) is 12.7 Å². The number of H-pyrrole nitrogens is 2. The molecule has 1 aromatic carbocycles. The molecule has 5 aromatic rings. The normalized spacial score (nSPS) is 12.3. The van der Waals surface area contributed by atoms with Gasteiger partial charge in [0.1, 0.15) is 17.2 Å². The van der Waals surface area contributed by atoms with Crippen molar-refractivity contribution < 1.29 is 4.39 Å². The van der Waals surface area contributed by atoms with E-state index in [1.165, 1.54) is 12.3 Å². The Morgan fingerprint density at radius 2 is 2.03 bits per heavy atom. The minimum Gasteiger partial charge on any atom is -0.384 e. The third-order valence-electron chi connectivity index (χ3n) is 6.26. The molecule has 3 N–H and O–H groups in total. The maximum atomic E-state index is 14.6. The van der Waals surface area contributed by atoms with Gasteiger partial charge in [0.2, 0.25) is 0 Å². The molecule has 5 rings (SSSR count). The molecule has 192 valence electrons. The minimum absolute atomic E-state index is 0.298. The lowest BCUT2D eigenvalue weighted by molar-refractivity contribution is 0.425. The van der Waals surface area contributed by atoms with E-state index in [4.69, 9.17) is 0 Å². The lowest BCUT2D eigenvalue weighted by Gasteiger charge is -2.13. The first-order chi connectivity index (χ1) is 18.5. The quantitative estimate of drug-likeness (QED) is 0.215. The van der Waals surface area contributed by atoms with E-state index in [0.29, 0.717) is 12.2 Å². The second-order valence-electron chi connectivity index (χ2n) is 9.15. The summed E-state index contributed by atoms with van der Waals surface area (Å²) in [5.74, 6) is -0.298. The summed E-state index contributed by atoms with van der Waals surface area (Å²) in [5, 5.41) is 12.7. The van der Waals surface area contributed by atoms with Crippen LogP contribution in [0.1, 0.15) is 12.6 Å². The Morgan fingerprint density at radius 1 is 1.16 bits per heavy atom. The van der Waals surface area contributed by atoms with Crippen molar-refractivity contribution in [1.82, 2.24) is 30.0 Å². The van der Waals surface area contributed by atoms with Gasteiger partial charge in [-0.3, -0.25) is 15.1 Å². The molecule has 0 saturated carbocycles. The molecule has 0 aliphatic heterocycles. The number of fused-ring (bicyclic) bond motifs is 2. The Balaban J connectivity index is 1.55. The zero-order valence-corrected chi connectivity index (χ0v) is 21.6. The average Bonchev–Trinajstić information content (AvgIpc) is 3.52. The zero-order chi connectivity index (χ0) is 26.6. The van der Waals surface area contributed by atoms with E-state index >= 15 is 0 Å². The van der Waals surface area contributed by atoms with Gasteiger partial charge in [0.15, 0.2) is 0 Å². The van der Waals surface area contributed by atoms with Crippen LogP contribution >= 0.6 is 0 Å². The second kappa shape index (κ2) is 10.8. The second-order valence-corrected chi connectivity index (χ2v) is 9.15. The van der Waals surface area contributed by atoms with Crippen LogP contribution in [0.15, 0.2) is 72.6 Å². The zero-order valence-electron chi connectivity index (χ0n) is 21.6. The molecule has 0 bridgehead atoms. The molecular weight excluding hydrogens is 479 g/mol. The molecule has 0 unspecified atom stereocenters. The van der Waals surface area contributed by atoms with Gasteiger partial charge in [-0.25, -0.2) is 9.37 Å². The monoisotopic (exact) mass is 508 g/mol. The number of likely N-dealkylation sites (N-methyl/N-ethyl adjacent to an activating group) is 1. The number of hydrogen-bond donors (Lipinski definition) is 3. The summed E-state index contributed by atoms with van der Waals surface area (Å²) < 4.78 is 14.6. The summed E-state index contributed by atoms with van der Waals surface area (Å²) in [6.07, 6.45) is 8.65. The van der Waals surface area contributed by atoms with Crippen molar-refractivity contribution in [1.29, 1.82) is 0 Å². The molecule has 8 nitrogen and oxygen atoms in total. The third-order valence-corrected chi connectivity index (χ3v) is 6.26. The highest BCUT2D eigenvalue weighted by Crippen LogP contribution is 2.34. The molecular formula is C29H29FN8. The fourth-order valence-electron chi connectivity index (χ4n) is 4.38. The van der Waals surface area contributed by atoms with Crippen molar-refractivity contribution in [2.45, 2.75) is 6.92 Å². The first-order valence-corrected chi connectivity index (χ1v) is 12.3. The van der Waals surface area contributed by atoms with Crippen molar-refractivity contribution in [3.63, 3.8) is 0 Å². The van der Waals surface area contributed by atoms with Crippen molar-refractivity contribution in [3.8, 4) is 22.5 Å². The van der Waals surface area contributed by atoms with Crippen molar-refractivity contribution in [2.24, 2.45) is 4.99 Å². The summed E-state index contributed by atoms with van der Waals surface area (Å²) in [6, 6.07) is 10.9. The van der Waals surface area contributed by atoms with E-state index < -0.39 is 0 Å².